The Kier molecular flexibility index (Phi) is 7.31. The SMILES string of the molecule is CC(C)C(NS(=O)(=O)c1ccc2c(c1)OCCCO2)C(=O)N[C@H]1CC2(CCCC2)Oc2ccc(Cl)cc21. The number of hydrogen-bond acceptors (Lipinski definition) is 6. The molecular formula is C27H33ClN2O6S. The molecule has 2 heterocycles. The van der Waals surface area contributed by atoms with Crippen LogP contribution in [0.25, 0.3) is 0 Å². The number of benzene rings is 2. The van der Waals surface area contributed by atoms with E-state index in [9.17, 15) is 13.2 Å². The van der Waals surface area contributed by atoms with Gasteiger partial charge in [0.25, 0.3) is 0 Å². The van der Waals surface area contributed by atoms with E-state index in [1.165, 1.54) is 12.1 Å². The van der Waals surface area contributed by atoms with E-state index < -0.39 is 16.1 Å². The summed E-state index contributed by atoms with van der Waals surface area (Å²) >= 11 is 6.28. The number of carbonyl (C=O) groups excluding carboxylic acids is 1. The maximum Gasteiger partial charge on any atom is 0.241 e. The zero-order valence-corrected chi connectivity index (χ0v) is 22.7. The highest BCUT2D eigenvalue weighted by molar-refractivity contribution is 7.89. The molecule has 1 fully saturated rings. The van der Waals surface area contributed by atoms with Gasteiger partial charge in [0.15, 0.2) is 11.5 Å². The van der Waals surface area contributed by atoms with Crippen LogP contribution in [0.3, 0.4) is 0 Å². The van der Waals surface area contributed by atoms with Crippen molar-refractivity contribution in [2.45, 2.75) is 75.0 Å². The van der Waals surface area contributed by atoms with Crippen LogP contribution in [0.2, 0.25) is 5.02 Å². The number of carbonyl (C=O) groups is 1. The molecule has 1 saturated carbocycles. The Morgan fingerprint density at radius 1 is 1.00 bits per heavy atom. The molecule has 10 heteroatoms. The van der Waals surface area contributed by atoms with Crippen molar-refractivity contribution in [1.82, 2.24) is 10.0 Å². The quantitative estimate of drug-likeness (QED) is 0.539. The summed E-state index contributed by atoms with van der Waals surface area (Å²) in [5, 5.41) is 3.67. The molecular weight excluding hydrogens is 516 g/mol. The fourth-order valence-corrected chi connectivity index (χ4v) is 6.94. The normalized spacial score (nSPS) is 21.1. The Labute approximate surface area is 223 Å². The summed E-state index contributed by atoms with van der Waals surface area (Å²) < 4.78 is 47.0. The summed E-state index contributed by atoms with van der Waals surface area (Å²) in [6, 6.07) is 8.63. The fourth-order valence-electron chi connectivity index (χ4n) is 5.40. The van der Waals surface area contributed by atoms with E-state index in [2.05, 4.69) is 10.0 Å². The minimum Gasteiger partial charge on any atom is -0.490 e. The van der Waals surface area contributed by atoms with Gasteiger partial charge in [-0.05, 0) is 61.9 Å². The molecule has 1 aliphatic carbocycles. The van der Waals surface area contributed by atoms with Gasteiger partial charge in [-0.2, -0.15) is 4.72 Å². The second-order valence-electron chi connectivity index (χ2n) is 10.4. The molecule has 8 nitrogen and oxygen atoms in total. The fraction of sp³-hybridized carbons (Fsp3) is 0.519. The van der Waals surface area contributed by atoms with Gasteiger partial charge in [-0.25, -0.2) is 8.42 Å². The molecule has 1 amide bonds. The molecule has 2 aromatic carbocycles. The second kappa shape index (κ2) is 10.3. The average Bonchev–Trinajstić information content (AvgIpc) is 3.16. The molecule has 0 radical (unpaired) electrons. The largest absolute Gasteiger partial charge is 0.490 e. The molecule has 0 saturated heterocycles. The highest BCUT2D eigenvalue weighted by atomic mass is 35.5. The summed E-state index contributed by atoms with van der Waals surface area (Å²) in [5.74, 6) is 0.917. The molecule has 1 unspecified atom stereocenters. The van der Waals surface area contributed by atoms with Crippen LogP contribution in [0.5, 0.6) is 17.2 Å². The van der Waals surface area contributed by atoms with Crippen molar-refractivity contribution in [2.24, 2.45) is 5.92 Å². The standard InChI is InChI=1S/C27H33ClN2O6S/c1-17(2)25(30-37(32,33)19-7-9-23-24(15-19)35-13-5-12-34-23)26(31)29-21-16-27(10-3-4-11-27)36-22-8-6-18(28)14-20(21)22/h6-9,14-15,17,21,25,30H,3-5,10-13,16H2,1-2H3,(H,29,31)/t21-,25?/m0/s1. The van der Waals surface area contributed by atoms with Crippen molar-refractivity contribution >= 4 is 27.5 Å². The molecule has 37 heavy (non-hydrogen) atoms. The molecule has 0 aromatic heterocycles. The van der Waals surface area contributed by atoms with Gasteiger partial charge < -0.3 is 19.5 Å². The van der Waals surface area contributed by atoms with E-state index in [0.29, 0.717) is 42.6 Å². The Balaban J connectivity index is 1.37. The number of amides is 1. The lowest BCUT2D eigenvalue weighted by molar-refractivity contribution is -0.125. The molecule has 0 bridgehead atoms. The number of fused-ring (bicyclic) bond motifs is 2. The zero-order valence-electron chi connectivity index (χ0n) is 21.1. The first kappa shape index (κ1) is 26.1. The number of rotatable bonds is 6. The highest BCUT2D eigenvalue weighted by Crippen LogP contribution is 2.47. The molecule has 200 valence electrons. The van der Waals surface area contributed by atoms with E-state index in [0.717, 1.165) is 37.0 Å². The lowest BCUT2D eigenvalue weighted by atomic mass is 9.85. The van der Waals surface area contributed by atoms with E-state index >= 15 is 0 Å². The van der Waals surface area contributed by atoms with E-state index in [1.807, 2.05) is 26.0 Å². The van der Waals surface area contributed by atoms with Crippen LogP contribution >= 0.6 is 11.6 Å². The van der Waals surface area contributed by atoms with E-state index in [4.69, 9.17) is 25.8 Å². The number of halogens is 1. The lowest BCUT2D eigenvalue weighted by Gasteiger charge is -2.40. The van der Waals surface area contributed by atoms with Crippen LogP contribution in [-0.2, 0) is 14.8 Å². The molecule has 2 aromatic rings. The predicted molar refractivity (Wildman–Crippen MR) is 140 cm³/mol. The van der Waals surface area contributed by atoms with Gasteiger partial charge in [-0.15, -0.1) is 0 Å². The first-order chi connectivity index (χ1) is 17.7. The van der Waals surface area contributed by atoms with Crippen molar-refractivity contribution in [2.75, 3.05) is 13.2 Å². The Hall–Kier alpha value is -2.49. The summed E-state index contributed by atoms with van der Waals surface area (Å²) in [7, 11) is -4.02. The first-order valence-electron chi connectivity index (χ1n) is 12.9. The third kappa shape index (κ3) is 5.54. The van der Waals surface area contributed by atoms with Gasteiger partial charge in [0.1, 0.15) is 17.4 Å². The Morgan fingerprint density at radius 3 is 2.43 bits per heavy atom. The first-order valence-corrected chi connectivity index (χ1v) is 14.7. The van der Waals surface area contributed by atoms with Gasteiger partial charge >= 0.3 is 0 Å². The Morgan fingerprint density at radius 2 is 1.70 bits per heavy atom. The predicted octanol–water partition coefficient (Wildman–Crippen LogP) is 4.76. The highest BCUT2D eigenvalue weighted by Gasteiger charge is 2.44. The number of sulfonamides is 1. The second-order valence-corrected chi connectivity index (χ2v) is 12.6. The number of nitrogens with one attached hydrogen (secondary N) is 2. The molecule has 3 aliphatic rings. The lowest BCUT2D eigenvalue weighted by Crippen LogP contribution is -2.52. The summed E-state index contributed by atoms with van der Waals surface area (Å²) in [6.45, 7) is 4.58. The Bertz CT molecular complexity index is 1280. The molecule has 1 spiro atoms. The van der Waals surface area contributed by atoms with Gasteiger partial charge in [0.05, 0.1) is 24.2 Å². The summed E-state index contributed by atoms with van der Waals surface area (Å²) in [6.07, 6.45) is 5.33. The van der Waals surface area contributed by atoms with Crippen molar-refractivity contribution in [1.29, 1.82) is 0 Å². The molecule has 5 rings (SSSR count). The maximum absolute atomic E-state index is 13.6. The van der Waals surface area contributed by atoms with Gasteiger partial charge in [0.2, 0.25) is 15.9 Å². The van der Waals surface area contributed by atoms with Crippen LogP contribution in [0.1, 0.15) is 64.0 Å². The van der Waals surface area contributed by atoms with Crippen molar-refractivity contribution in [3.63, 3.8) is 0 Å². The zero-order chi connectivity index (χ0) is 26.2. The summed E-state index contributed by atoms with van der Waals surface area (Å²) in [5.41, 5.74) is 0.488. The third-order valence-electron chi connectivity index (χ3n) is 7.34. The summed E-state index contributed by atoms with van der Waals surface area (Å²) in [4.78, 5) is 13.6. The minimum atomic E-state index is -4.02. The minimum absolute atomic E-state index is 0.0169. The molecule has 2 atom stereocenters. The smallest absolute Gasteiger partial charge is 0.241 e. The van der Waals surface area contributed by atoms with Crippen LogP contribution in [0.4, 0.5) is 0 Å². The maximum atomic E-state index is 13.6. The number of ether oxygens (including phenoxy) is 3. The van der Waals surface area contributed by atoms with Crippen LogP contribution in [0, 0.1) is 5.92 Å². The monoisotopic (exact) mass is 548 g/mol. The van der Waals surface area contributed by atoms with E-state index in [-0.39, 0.29) is 28.4 Å². The number of hydrogen-bond donors (Lipinski definition) is 2. The van der Waals surface area contributed by atoms with Gasteiger partial charge in [-0.3, -0.25) is 4.79 Å². The topological polar surface area (TPSA) is 103 Å². The van der Waals surface area contributed by atoms with Crippen LogP contribution in [0.15, 0.2) is 41.3 Å². The third-order valence-corrected chi connectivity index (χ3v) is 9.02. The average molecular weight is 549 g/mol. The van der Waals surface area contributed by atoms with Crippen LogP contribution < -0.4 is 24.2 Å². The van der Waals surface area contributed by atoms with Crippen molar-refractivity contribution < 1.29 is 27.4 Å². The van der Waals surface area contributed by atoms with Gasteiger partial charge in [0, 0.05) is 29.5 Å². The molecule has 2 N–H and O–H groups in total. The van der Waals surface area contributed by atoms with Crippen LogP contribution in [-0.4, -0.2) is 39.2 Å². The molecule has 2 aliphatic heterocycles. The van der Waals surface area contributed by atoms with Crippen molar-refractivity contribution in [3.8, 4) is 17.2 Å². The van der Waals surface area contributed by atoms with E-state index in [1.54, 1.807) is 12.1 Å². The van der Waals surface area contributed by atoms with Crippen molar-refractivity contribution in [3.05, 3.63) is 47.0 Å². The van der Waals surface area contributed by atoms with Gasteiger partial charge in [-0.1, -0.05) is 25.4 Å².